The second kappa shape index (κ2) is 10.1. The molecule has 4 N–H and O–H groups in total. The molecule has 8 heteroatoms. The van der Waals surface area contributed by atoms with Crippen molar-refractivity contribution in [1.82, 2.24) is 0 Å². The van der Waals surface area contributed by atoms with Gasteiger partial charge in [0, 0.05) is 6.07 Å². The molecule has 1 saturated heterocycles. The van der Waals surface area contributed by atoms with Crippen LogP contribution in [0.1, 0.15) is 29.2 Å². The monoisotopic (exact) mass is 429 g/mol. The van der Waals surface area contributed by atoms with Crippen LogP contribution in [0.4, 0.5) is 0 Å². The number of nitriles is 1. The molecule has 1 fully saturated rings. The van der Waals surface area contributed by atoms with E-state index in [9.17, 15) is 25.7 Å². The molecule has 1 aliphatic rings. The van der Waals surface area contributed by atoms with Crippen LogP contribution in [0.5, 0.6) is 11.5 Å². The van der Waals surface area contributed by atoms with Gasteiger partial charge >= 0.3 is 0 Å². The molecule has 5 atom stereocenters. The van der Waals surface area contributed by atoms with Gasteiger partial charge in [-0.2, -0.15) is 5.26 Å². The van der Waals surface area contributed by atoms with Crippen molar-refractivity contribution in [2.24, 2.45) is 0 Å². The maximum atomic E-state index is 10.2. The van der Waals surface area contributed by atoms with Gasteiger partial charge in [-0.3, -0.25) is 0 Å². The number of hydrogen-bond acceptors (Lipinski definition) is 8. The van der Waals surface area contributed by atoms with Crippen molar-refractivity contribution in [3.05, 3.63) is 58.7 Å². The minimum atomic E-state index is -1.55. The van der Waals surface area contributed by atoms with Crippen molar-refractivity contribution in [1.29, 1.82) is 5.26 Å². The molecule has 0 saturated carbocycles. The van der Waals surface area contributed by atoms with E-state index in [1.165, 1.54) is 18.7 Å². The molecule has 1 heterocycles. The maximum Gasteiger partial charge on any atom is 0.229 e. The SMILES string of the molecule is CCc1ccc(Cc2cc(O[C@@H]3O[C@H](CO)[C@@H](O)[C@H](O)[C@H]3O)cc(OC)c2C#N)cc1. The third-order valence-corrected chi connectivity index (χ3v) is 5.42. The van der Waals surface area contributed by atoms with Gasteiger partial charge in [0.25, 0.3) is 0 Å². The van der Waals surface area contributed by atoms with Crippen LogP contribution in [0.25, 0.3) is 0 Å². The Morgan fingerprint density at radius 3 is 2.29 bits per heavy atom. The molecule has 0 bridgehead atoms. The van der Waals surface area contributed by atoms with Crippen molar-refractivity contribution < 1.29 is 34.6 Å². The molecule has 0 aromatic heterocycles. The summed E-state index contributed by atoms with van der Waals surface area (Å²) < 4.78 is 16.5. The first kappa shape index (κ1) is 23.0. The van der Waals surface area contributed by atoms with Gasteiger partial charge in [0.05, 0.1) is 19.3 Å². The van der Waals surface area contributed by atoms with Crippen LogP contribution >= 0.6 is 0 Å². The van der Waals surface area contributed by atoms with Gasteiger partial charge in [0.1, 0.15) is 42.0 Å². The summed E-state index contributed by atoms with van der Waals surface area (Å²) in [7, 11) is 1.44. The molecule has 2 aromatic rings. The summed E-state index contributed by atoms with van der Waals surface area (Å²) in [6, 6.07) is 13.4. The van der Waals surface area contributed by atoms with Gasteiger partial charge in [-0.1, -0.05) is 31.2 Å². The van der Waals surface area contributed by atoms with E-state index in [4.69, 9.17) is 14.2 Å². The summed E-state index contributed by atoms with van der Waals surface area (Å²) >= 11 is 0. The Hall–Kier alpha value is -2.67. The normalized spacial score (nSPS) is 25.6. The molecule has 0 unspecified atom stereocenters. The van der Waals surface area contributed by atoms with E-state index in [-0.39, 0.29) is 5.75 Å². The molecule has 0 spiro atoms. The Kier molecular flexibility index (Phi) is 7.49. The Bertz CT molecular complexity index is 923. The van der Waals surface area contributed by atoms with Crippen LogP contribution in [0.3, 0.4) is 0 Å². The van der Waals surface area contributed by atoms with E-state index in [0.29, 0.717) is 23.3 Å². The van der Waals surface area contributed by atoms with E-state index in [2.05, 4.69) is 13.0 Å². The van der Waals surface area contributed by atoms with E-state index >= 15 is 0 Å². The second-order valence-electron chi connectivity index (χ2n) is 7.43. The second-order valence-corrected chi connectivity index (χ2v) is 7.43. The summed E-state index contributed by atoms with van der Waals surface area (Å²) in [5.41, 5.74) is 3.23. The lowest BCUT2D eigenvalue weighted by Gasteiger charge is -2.39. The first-order chi connectivity index (χ1) is 14.9. The van der Waals surface area contributed by atoms with Crippen molar-refractivity contribution in [3.8, 4) is 17.6 Å². The molecule has 31 heavy (non-hydrogen) atoms. The summed E-state index contributed by atoms with van der Waals surface area (Å²) in [6.07, 6.45) is -5.59. The topological polar surface area (TPSA) is 132 Å². The fraction of sp³-hybridized carbons (Fsp3) is 0.435. The van der Waals surface area contributed by atoms with E-state index in [1.54, 1.807) is 6.07 Å². The highest BCUT2D eigenvalue weighted by Crippen LogP contribution is 2.32. The minimum Gasteiger partial charge on any atom is -0.495 e. The summed E-state index contributed by atoms with van der Waals surface area (Å²) in [6.45, 7) is 1.52. The zero-order valence-corrected chi connectivity index (χ0v) is 17.4. The van der Waals surface area contributed by atoms with Crippen molar-refractivity contribution in [3.63, 3.8) is 0 Å². The first-order valence-electron chi connectivity index (χ1n) is 10.1. The predicted molar refractivity (Wildman–Crippen MR) is 111 cm³/mol. The van der Waals surface area contributed by atoms with Crippen LogP contribution in [0.15, 0.2) is 36.4 Å². The summed E-state index contributed by atoms with van der Waals surface area (Å²) in [5.74, 6) is 0.546. The zero-order chi connectivity index (χ0) is 22.5. The fourth-order valence-electron chi connectivity index (χ4n) is 3.55. The van der Waals surface area contributed by atoms with Gasteiger partial charge in [-0.15, -0.1) is 0 Å². The van der Waals surface area contributed by atoms with E-state index < -0.39 is 37.3 Å². The molecule has 0 radical (unpaired) electrons. The van der Waals surface area contributed by atoms with E-state index in [1.807, 2.05) is 24.3 Å². The summed E-state index contributed by atoms with van der Waals surface area (Å²) in [4.78, 5) is 0. The van der Waals surface area contributed by atoms with Crippen LogP contribution in [-0.2, 0) is 17.6 Å². The summed E-state index contributed by atoms with van der Waals surface area (Å²) in [5, 5.41) is 49.2. The highest BCUT2D eigenvalue weighted by atomic mass is 16.7. The Balaban J connectivity index is 1.90. The molecule has 166 valence electrons. The highest BCUT2D eigenvalue weighted by molar-refractivity contribution is 5.54. The molecule has 0 amide bonds. The van der Waals surface area contributed by atoms with Crippen LogP contribution in [-0.4, -0.2) is 64.8 Å². The fourth-order valence-corrected chi connectivity index (χ4v) is 3.55. The number of aryl methyl sites for hydroxylation is 1. The number of ether oxygens (including phenoxy) is 3. The largest absolute Gasteiger partial charge is 0.495 e. The smallest absolute Gasteiger partial charge is 0.229 e. The average molecular weight is 429 g/mol. The van der Waals surface area contributed by atoms with Gasteiger partial charge in [0.15, 0.2) is 0 Å². The lowest BCUT2D eigenvalue weighted by Crippen LogP contribution is -2.60. The molecular weight excluding hydrogens is 402 g/mol. The van der Waals surface area contributed by atoms with Crippen molar-refractivity contribution >= 4 is 0 Å². The lowest BCUT2D eigenvalue weighted by molar-refractivity contribution is -0.277. The van der Waals surface area contributed by atoms with Crippen molar-refractivity contribution in [2.75, 3.05) is 13.7 Å². The quantitative estimate of drug-likeness (QED) is 0.510. The number of aliphatic hydroxyl groups excluding tert-OH is 4. The van der Waals surface area contributed by atoms with Crippen LogP contribution in [0.2, 0.25) is 0 Å². The van der Waals surface area contributed by atoms with Crippen LogP contribution in [0, 0.1) is 11.3 Å². The highest BCUT2D eigenvalue weighted by Gasteiger charge is 2.44. The molecule has 0 aliphatic carbocycles. The van der Waals surface area contributed by atoms with Gasteiger partial charge < -0.3 is 34.6 Å². The lowest BCUT2D eigenvalue weighted by atomic mass is 9.97. The van der Waals surface area contributed by atoms with Gasteiger partial charge in [-0.25, -0.2) is 0 Å². The first-order valence-corrected chi connectivity index (χ1v) is 10.1. The predicted octanol–water partition coefficient (Wildman–Crippen LogP) is 0.899. The minimum absolute atomic E-state index is 0.250. The molecular formula is C23H27NO7. The number of aliphatic hydroxyl groups is 4. The van der Waals surface area contributed by atoms with Crippen molar-refractivity contribution in [2.45, 2.75) is 50.5 Å². The molecule has 8 nitrogen and oxygen atoms in total. The zero-order valence-electron chi connectivity index (χ0n) is 17.4. The van der Waals surface area contributed by atoms with Gasteiger partial charge in [0.2, 0.25) is 6.29 Å². The van der Waals surface area contributed by atoms with E-state index in [0.717, 1.165) is 12.0 Å². The third kappa shape index (κ3) is 4.98. The number of benzene rings is 2. The molecule has 2 aromatic carbocycles. The molecule has 1 aliphatic heterocycles. The Morgan fingerprint density at radius 2 is 1.71 bits per heavy atom. The molecule has 3 rings (SSSR count). The standard InChI is InChI=1S/C23H27NO7/c1-3-13-4-6-14(7-5-13)8-15-9-16(10-18(29-2)17(15)11-24)30-23-22(28)21(27)20(26)19(12-25)31-23/h4-7,9-10,19-23,25-28H,3,8,12H2,1-2H3/t19-,20-,21+,22-,23-/m1/s1. The third-order valence-electron chi connectivity index (χ3n) is 5.42. The maximum absolute atomic E-state index is 10.2. The number of rotatable bonds is 7. The average Bonchev–Trinajstić information content (AvgIpc) is 2.79. The number of hydrogen-bond donors (Lipinski definition) is 4. The Labute approximate surface area is 180 Å². The number of methoxy groups -OCH3 is 1. The number of nitrogens with zero attached hydrogens (tertiary/aromatic N) is 1. The Morgan fingerprint density at radius 1 is 1.03 bits per heavy atom. The van der Waals surface area contributed by atoms with Crippen LogP contribution < -0.4 is 9.47 Å². The van der Waals surface area contributed by atoms with Gasteiger partial charge in [-0.05, 0) is 35.6 Å².